The number of aromatic nitrogens is 2. The van der Waals surface area contributed by atoms with Crippen LogP contribution in [0.3, 0.4) is 0 Å². The van der Waals surface area contributed by atoms with Crippen LogP contribution < -0.4 is 10.2 Å². The van der Waals surface area contributed by atoms with Gasteiger partial charge in [0.05, 0.1) is 11.8 Å². The van der Waals surface area contributed by atoms with E-state index in [4.69, 9.17) is 0 Å². The van der Waals surface area contributed by atoms with Crippen molar-refractivity contribution in [2.24, 2.45) is 0 Å². The molecule has 1 aliphatic rings. The second-order valence-corrected chi connectivity index (χ2v) is 8.52. The molecule has 29 heavy (non-hydrogen) atoms. The van der Waals surface area contributed by atoms with E-state index in [2.05, 4.69) is 32.3 Å². The number of hydrogen-bond donors (Lipinski definition) is 1. The van der Waals surface area contributed by atoms with Gasteiger partial charge in [0.25, 0.3) is 0 Å². The number of benzene rings is 1. The summed E-state index contributed by atoms with van der Waals surface area (Å²) in [7, 11) is 0. The number of nitrogens with one attached hydrogen (secondary N) is 1. The van der Waals surface area contributed by atoms with E-state index >= 15 is 0 Å². The largest absolute Gasteiger partial charge is 0.393 e. The van der Waals surface area contributed by atoms with Gasteiger partial charge in [0.2, 0.25) is 0 Å². The highest BCUT2D eigenvalue weighted by molar-refractivity contribution is 7.18. The second kappa shape index (κ2) is 8.67. The summed E-state index contributed by atoms with van der Waals surface area (Å²) in [5.74, 6) is 0.753. The number of fused-ring (bicyclic) bond motifs is 1. The summed E-state index contributed by atoms with van der Waals surface area (Å²) >= 11 is 1.10. The minimum Gasteiger partial charge on any atom is -0.356 e. The summed E-state index contributed by atoms with van der Waals surface area (Å²) in [6.07, 6.45) is -0.620. The predicted molar refractivity (Wildman–Crippen MR) is 110 cm³/mol. The van der Waals surface area contributed by atoms with Crippen molar-refractivity contribution in [1.82, 2.24) is 15.3 Å². The highest BCUT2D eigenvalue weighted by Gasteiger charge is 2.29. The number of rotatable bonds is 5. The molecule has 1 atom stereocenters. The number of hydrogen-bond acceptors (Lipinski definition) is 5. The second-order valence-electron chi connectivity index (χ2n) is 7.40. The normalized spacial score (nSPS) is 18.2. The number of halogens is 3. The van der Waals surface area contributed by atoms with Crippen LogP contribution in [0.4, 0.5) is 19.0 Å². The molecule has 1 saturated heterocycles. The van der Waals surface area contributed by atoms with E-state index in [1.54, 1.807) is 6.07 Å². The molecule has 4 rings (SSSR count). The van der Waals surface area contributed by atoms with Gasteiger partial charge in [-0.25, -0.2) is 9.97 Å². The number of nitrogens with zero attached hydrogens (tertiary/aromatic N) is 3. The summed E-state index contributed by atoms with van der Waals surface area (Å²) < 4.78 is 38.3. The van der Waals surface area contributed by atoms with E-state index < -0.39 is 12.6 Å². The van der Waals surface area contributed by atoms with Crippen LogP contribution in [0.15, 0.2) is 42.7 Å². The number of thiophene rings is 1. The molecule has 154 valence electrons. The van der Waals surface area contributed by atoms with Crippen LogP contribution in [-0.2, 0) is 13.0 Å². The molecule has 1 unspecified atom stereocenters. The zero-order valence-corrected chi connectivity index (χ0v) is 16.8. The Labute approximate surface area is 171 Å². The van der Waals surface area contributed by atoms with Crippen molar-refractivity contribution in [1.29, 1.82) is 0 Å². The molecule has 0 aliphatic carbocycles. The van der Waals surface area contributed by atoms with Gasteiger partial charge in [-0.15, -0.1) is 11.3 Å². The Kier molecular flexibility index (Phi) is 6.01. The van der Waals surface area contributed by atoms with Crippen molar-refractivity contribution in [3.63, 3.8) is 0 Å². The molecular formula is C21H23F3N4S. The summed E-state index contributed by atoms with van der Waals surface area (Å²) in [5, 5.41) is 4.36. The molecule has 0 saturated carbocycles. The minimum atomic E-state index is -4.21. The van der Waals surface area contributed by atoms with E-state index in [1.165, 1.54) is 11.9 Å². The summed E-state index contributed by atoms with van der Waals surface area (Å²) in [5.41, 5.74) is 1.27. The molecule has 0 spiro atoms. The van der Waals surface area contributed by atoms with Crippen LogP contribution in [0.2, 0.25) is 0 Å². The van der Waals surface area contributed by atoms with Crippen LogP contribution in [0.25, 0.3) is 10.2 Å². The van der Waals surface area contributed by atoms with Crippen molar-refractivity contribution in [2.75, 3.05) is 18.0 Å². The first-order chi connectivity index (χ1) is 14.0. The molecule has 4 nitrogen and oxygen atoms in total. The highest BCUT2D eigenvalue weighted by Crippen LogP contribution is 2.34. The fourth-order valence-electron chi connectivity index (χ4n) is 3.80. The Morgan fingerprint density at radius 2 is 1.93 bits per heavy atom. The average Bonchev–Trinajstić information content (AvgIpc) is 2.94. The lowest BCUT2D eigenvalue weighted by Crippen LogP contribution is -2.31. The van der Waals surface area contributed by atoms with Gasteiger partial charge >= 0.3 is 6.18 Å². The maximum atomic E-state index is 12.8. The Balaban J connectivity index is 1.44. The molecule has 2 aromatic heterocycles. The van der Waals surface area contributed by atoms with Crippen molar-refractivity contribution >= 4 is 27.4 Å². The average molecular weight is 421 g/mol. The molecule has 0 radical (unpaired) electrons. The van der Waals surface area contributed by atoms with E-state index in [0.717, 1.165) is 61.4 Å². The van der Waals surface area contributed by atoms with Crippen molar-refractivity contribution < 1.29 is 13.2 Å². The smallest absolute Gasteiger partial charge is 0.356 e. The minimum absolute atomic E-state index is 0.284. The fourth-order valence-corrected chi connectivity index (χ4v) is 4.82. The Morgan fingerprint density at radius 1 is 1.10 bits per heavy atom. The third-order valence-corrected chi connectivity index (χ3v) is 6.24. The zero-order valence-electron chi connectivity index (χ0n) is 16.0. The molecule has 0 bridgehead atoms. The van der Waals surface area contributed by atoms with Gasteiger partial charge < -0.3 is 10.2 Å². The third-order valence-electron chi connectivity index (χ3n) is 5.20. The Morgan fingerprint density at radius 3 is 2.72 bits per heavy atom. The number of anilines is 1. The molecule has 8 heteroatoms. The maximum Gasteiger partial charge on any atom is 0.393 e. The molecule has 1 aromatic carbocycles. The number of alkyl halides is 3. The van der Waals surface area contributed by atoms with E-state index in [-0.39, 0.29) is 4.88 Å². The van der Waals surface area contributed by atoms with E-state index in [1.807, 2.05) is 18.2 Å². The summed E-state index contributed by atoms with van der Waals surface area (Å²) in [6.45, 7) is 2.51. The lowest BCUT2D eigenvalue weighted by molar-refractivity contribution is -0.126. The molecule has 0 amide bonds. The summed E-state index contributed by atoms with van der Waals surface area (Å²) in [4.78, 5) is 11.7. The van der Waals surface area contributed by atoms with Crippen LogP contribution in [0.1, 0.15) is 29.7 Å². The SMILES string of the molecule is FC(F)(F)Cc1cc2c(N3CCCC(NCc4ccccc4)CC3)ncnc2s1. The molecule has 3 heterocycles. The monoisotopic (exact) mass is 420 g/mol. The van der Waals surface area contributed by atoms with E-state index in [0.29, 0.717) is 10.9 Å². The third kappa shape index (κ3) is 5.25. The standard InChI is InChI=1S/C21H23F3N4S/c22-21(23,24)12-17-11-18-19(26-14-27-20(18)29-17)28-9-4-7-16(8-10-28)25-13-15-5-2-1-3-6-15/h1-3,5-6,11,14,16,25H,4,7-10,12-13H2. The van der Waals surface area contributed by atoms with Crippen molar-refractivity contribution in [3.8, 4) is 0 Å². The maximum absolute atomic E-state index is 12.8. The van der Waals surface area contributed by atoms with Crippen molar-refractivity contribution in [3.05, 3.63) is 53.2 Å². The first kappa shape index (κ1) is 20.1. The van der Waals surface area contributed by atoms with E-state index in [9.17, 15) is 13.2 Å². The lowest BCUT2D eigenvalue weighted by Gasteiger charge is -2.22. The molecule has 1 fully saturated rings. The molecular weight excluding hydrogens is 397 g/mol. The van der Waals surface area contributed by atoms with Gasteiger partial charge in [-0.05, 0) is 30.9 Å². The zero-order chi connectivity index (χ0) is 20.3. The van der Waals surface area contributed by atoms with Gasteiger partial charge in [-0.1, -0.05) is 30.3 Å². The molecule has 3 aromatic rings. The lowest BCUT2D eigenvalue weighted by atomic mass is 10.1. The topological polar surface area (TPSA) is 41.0 Å². The highest BCUT2D eigenvalue weighted by atomic mass is 32.1. The first-order valence-electron chi connectivity index (χ1n) is 9.80. The van der Waals surface area contributed by atoms with Crippen LogP contribution in [0, 0.1) is 0 Å². The van der Waals surface area contributed by atoms with Gasteiger partial charge in [-0.3, -0.25) is 0 Å². The molecule has 1 N–H and O–H groups in total. The molecule has 1 aliphatic heterocycles. The fraction of sp³-hybridized carbons (Fsp3) is 0.429. The van der Waals surface area contributed by atoms with Crippen LogP contribution >= 0.6 is 11.3 Å². The van der Waals surface area contributed by atoms with Gasteiger partial charge in [0, 0.05) is 30.6 Å². The van der Waals surface area contributed by atoms with Crippen LogP contribution in [0.5, 0.6) is 0 Å². The van der Waals surface area contributed by atoms with Crippen molar-refractivity contribution in [2.45, 2.75) is 44.4 Å². The van der Waals surface area contributed by atoms with Gasteiger partial charge in [-0.2, -0.15) is 13.2 Å². The Hall–Kier alpha value is -2.19. The predicted octanol–water partition coefficient (Wildman–Crippen LogP) is 4.94. The van der Waals surface area contributed by atoms with Gasteiger partial charge in [0.15, 0.2) is 0 Å². The van der Waals surface area contributed by atoms with Crippen LogP contribution in [-0.4, -0.2) is 35.3 Å². The quantitative estimate of drug-likeness (QED) is 0.635. The van der Waals surface area contributed by atoms with Gasteiger partial charge in [0.1, 0.15) is 17.0 Å². The first-order valence-corrected chi connectivity index (χ1v) is 10.6. The summed E-state index contributed by atoms with van der Waals surface area (Å²) in [6, 6.07) is 12.4. The Bertz CT molecular complexity index is 942.